The fourth-order valence-corrected chi connectivity index (χ4v) is 4.01. The summed E-state index contributed by atoms with van der Waals surface area (Å²) < 4.78 is 14.0. The minimum Gasteiger partial charge on any atom is -0.389 e. The molecule has 1 aliphatic carbocycles. The summed E-state index contributed by atoms with van der Waals surface area (Å²) in [7, 11) is 0. The fraction of sp³-hybridized carbons (Fsp3) is 0.562. The van der Waals surface area contributed by atoms with Crippen molar-refractivity contribution in [2.24, 2.45) is 11.7 Å². The van der Waals surface area contributed by atoms with Crippen molar-refractivity contribution in [1.29, 1.82) is 0 Å². The number of nitrogens with zero attached hydrogens (tertiary/aromatic N) is 1. The predicted octanol–water partition coefficient (Wildman–Crippen LogP) is 2.59. The molecule has 1 saturated carbocycles. The number of aliphatic hydroxyl groups is 1. The Balaban J connectivity index is 1.89. The summed E-state index contributed by atoms with van der Waals surface area (Å²) in [4.78, 5) is 2.22. The Morgan fingerprint density at radius 1 is 1.38 bits per heavy atom. The van der Waals surface area contributed by atoms with Crippen molar-refractivity contribution in [3.05, 3.63) is 29.6 Å². The third-order valence-corrected chi connectivity index (χ3v) is 5.21. The second-order valence-corrected chi connectivity index (χ2v) is 6.68. The van der Waals surface area contributed by atoms with E-state index in [1.54, 1.807) is 6.07 Å². The Bertz CT molecular complexity index is 565. The molecule has 1 aromatic rings. The Labute approximate surface area is 129 Å². The first-order valence-corrected chi connectivity index (χ1v) is 7.98. The Morgan fingerprint density at radius 2 is 2.19 bits per heavy atom. The van der Waals surface area contributed by atoms with Crippen molar-refractivity contribution in [2.45, 2.75) is 37.7 Å². The molecule has 3 nitrogen and oxygen atoms in total. The minimum atomic E-state index is -0.536. The van der Waals surface area contributed by atoms with Gasteiger partial charge in [-0.3, -0.25) is 0 Å². The molecule has 3 rings (SSSR count). The van der Waals surface area contributed by atoms with Crippen LogP contribution in [0.25, 0.3) is 0 Å². The summed E-state index contributed by atoms with van der Waals surface area (Å²) in [6.07, 6.45) is 4.91. The van der Waals surface area contributed by atoms with Crippen LogP contribution in [0.4, 0.5) is 10.1 Å². The SMILES string of the molecule is NC(=S)c1c(F)cccc1N1CCC2(O)CCCCC2C1. The number of piperidine rings is 1. The predicted molar refractivity (Wildman–Crippen MR) is 86.0 cm³/mol. The van der Waals surface area contributed by atoms with Crippen molar-refractivity contribution in [3.63, 3.8) is 0 Å². The molecule has 3 N–H and O–H groups in total. The van der Waals surface area contributed by atoms with Crippen molar-refractivity contribution in [1.82, 2.24) is 0 Å². The highest BCUT2D eigenvalue weighted by Gasteiger charge is 2.43. The largest absolute Gasteiger partial charge is 0.389 e. The maximum absolute atomic E-state index is 14.0. The molecule has 2 fully saturated rings. The quantitative estimate of drug-likeness (QED) is 0.825. The van der Waals surface area contributed by atoms with Crippen LogP contribution in [0.15, 0.2) is 18.2 Å². The average molecular weight is 308 g/mol. The van der Waals surface area contributed by atoms with E-state index in [9.17, 15) is 9.50 Å². The van der Waals surface area contributed by atoms with E-state index in [1.807, 2.05) is 6.07 Å². The van der Waals surface area contributed by atoms with Gasteiger partial charge in [0.1, 0.15) is 10.8 Å². The second-order valence-electron chi connectivity index (χ2n) is 6.24. The van der Waals surface area contributed by atoms with Gasteiger partial charge in [-0.1, -0.05) is 31.1 Å². The summed E-state index contributed by atoms with van der Waals surface area (Å²) >= 11 is 5.00. The van der Waals surface area contributed by atoms with Crippen LogP contribution in [0.1, 0.15) is 37.7 Å². The zero-order valence-corrected chi connectivity index (χ0v) is 12.8. The number of hydrogen-bond acceptors (Lipinski definition) is 3. The van der Waals surface area contributed by atoms with E-state index >= 15 is 0 Å². The van der Waals surface area contributed by atoms with Gasteiger partial charge in [0.05, 0.1) is 11.2 Å². The van der Waals surface area contributed by atoms with Gasteiger partial charge in [-0.05, 0) is 31.4 Å². The monoisotopic (exact) mass is 308 g/mol. The maximum Gasteiger partial charge on any atom is 0.135 e. The van der Waals surface area contributed by atoms with Gasteiger partial charge < -0.3 is 15.7 Å². The lowest BCUT2D eigenvalue weighted by molar-refractivity contribution is -0.0612. The van der Waals surface area contributed by atoms with Crippen LogP contribution < -0.4 is 10.6 Å². The normalized spacial score (nSPS) is 29.0. The van der Waals surface area contributed by atoms with Crippen molar-refractivity contribution >= 4 is 22.9 Å². The molecule has 0 spiro atoms. The first-order valence-electron chi connectivity index (χ1n) is 7.57. The van der Waals surface area contributed by atoms with Gasteiger partial charge in [-0.25, -0.2) is 4.39 Å². The molecule has 0 radical (unpaired) electrons. The number of rotatable bonds is 2. The van der Waals surface area contributed by atoms with E-state index in [0.29, 0.717) is 12.1 Å². The molecule has 0 aromatic heterocycles. The van der Waals surface area contributed by atoms with Crippen LogP contribution in [-0.2, 0) is 0 Å². The first kappa shape index (κ1) is 14.7. The molecule has 1 heterocycles. The zero-order valence-electron chi connectivity index (χ0n) is 12.0. The number of benzene rings is 1. The molecule has 2 unspecified atom stereocenters. The van der Waals surface area contributed by atoms with Crippen LogP contribution in [-0.4, -0.2) is 28.8 Å². The third kappa shape index (κ3) is 2.64. The van der Waals surface area contributed by atoms with Gasteiger partial charge in [0, 0.05) is 24.7 Å². The van der Waals surface area contributed by atoms with Crippen LogP contribution in [0.2, 0.25) is 0 Å². The molecule has 2 aliphatic rings. The van der Waals surface area contributed by atoms with Gasteiger partial charge in [0.2, 0.25) is 0 Å². The highest BCUT2D eigenvalue weighted by Crippen LogP contribution is 2.41. The Kier molecular flexibility index (Phi) is 3.88. The van der Waals surface area contributed by atoms with E-state index in [2.05, 4.69) is 4.90 Å². The van der Waals surface area contributed by atoms with E-state index < -0.39 is 5.60 Å². The minimum absolute atomic E-state index is 0.0904. The molecule has 1 aliphatic heterocycles. The van der Waals surface area contributed by atoms with E-state index in [0.717, 1.165) is 44.3 Å². The van der Waals surface area contributed by atoms with Crippen LogP contribution in [0.3, 0.4) is 0 Å². The summed E-state index contributed by atoms with van der Waals surface area (Å²) in [6, 6.07) is 4.94. The molecule has 1 saturated heterocycles. The van der Waals surface area contributed by atoms with E-state index in [-0.39, 0.29) is 16.7 Å². The van der Waals surface area contributed by atoms with Crippen molar-refractivity contribution < 1.29 is 9.50 Å². The number of hydrogen-bond donors (Lipinski definition) is 2. The summed E-state index contributed by atoms with van der Waals surface area (Å²) in [5.74, 6) is -0.119. The first-order chi connectivity index (χ1) is 10.0. The lowest BCUT2D eigenvalue weighted by Crippen LogP contribution is -2.53. The molecule has 0 bridgehead atoms. The standard InChI is InChI=1S/C16H21FN2OS/c17-12-5-3-6-13(14(12)15(18)21)19-9-8-16(20)7-2-1-4-11(16)10-19/h3,5-6,11,20H,1-2,4,7-10H2,(H2,18,21). The van der Waals surface area contributed by atoms with Gasteiger partial charge in [0.15, 0.2) is 0 Å². The highest BCUT2D eigenvalue weighted by molar-refractivity contribution is 7.80. The number of nitrogens with two attached hydrogens (primary N) is 1. The highest BCUT2D eigenvalue weighted by atomic mass is 32.1. The summed E-state index contributed by atoms with van der Waals surface area (Å²) in [6.45, 7) is 1.46. The van der Waals surface area contributed by atoms with Gasteiger partial charge >= 0.3 is 0 Å². The van der Waals surface area contributed by atoms with Gasteiger partial charge in [0.25, 0.3) is 0 Å². The number of fused-ring (bicyclic) bond motifs is 1. The Morgan fingerprint density at radius 3 is 2.95 bits per heavy atom. The summed E-state index contributed by atoms with van der Waals surface area (Å²) in [5, 5.41) is 10.7. The molecule has 21 heavy (non-hydrogen) atoms. The topological polar surface area (TPSA) is 49.5 Å². The smallest absolute Gasteiger partial charge is 0.135 e. The van der Waals surface area contributed by atoms with Crippen LogP contribution in [0.5, 0.6) is 0 Å². The summed E-state index contributed by atoms with van der Waals surface area (Å²) in [5.41, 5.74) is 6.25. The van der Waals surface area contributed by atoms with Crippen molar-refractivity contribution in [3.8, 4) is 0 Å². The lowest BCUT2D eigenvalue weighted by Gasteiger charge is -2.48. The molecule has 2 atom stereocenters. The van der Waals surface area contributed by atoms with Crippen LogP contribution in [0, 0.1) is 11.7 Å². The Hall–Kier alpha value is -1.20. The number of halogens is 1. The molecule has 0 amide bonds. The van der Waals surface area contributed by atoms with Crippen molar-refractivity contribution in [2.75, 3.05) is 18.0 Å². The zero-order chi connectivity index (χ0) is 15.0. The molecule has 5 heteroatoms. The van der Waals surface area contributed by atoms with Crippen LogP contribution >= 0.6 is 12.2 Å². The molecular weight excluding hydrogens is 287 g/mol. The molecule has 1 aromatic carbocycles. The molecular formula is C16H21FN2OS. The average Bonchev–Trinajstić information content (AvgIpc) is 2.45. The molecule has 114 valence electrons. The van der Waals surface area contributed by atoms with Gasteiger partial charge in [-0.2, -0.15) is 0 Å². The number of anilines is 1. The lowest BCUT2D eigenvalue weighted by atomic mass is 9.71. The maximum atomic E-state index is 14.0. The van der Waals surface area contributed by atoms with E-state index in [1.165, 1.54) is 6.07 Å². The van der Waals surface area contributed by atoms with Gasteiger partial charge in [-0.15, -0.1) is 0 Å². The fourth-order valence-electron chi connectivity index (χ4n) is 3.81. The third-order valence-electron chi connectivity index (χ3n) is 5.01. The van der Waals surface area contributed by atoms with E-state index in [4.69, 9.17) is 18.0 Å². The number of thiocarbonyl (C=S) groups is 1. The second kappa shape index (κ2) is 5.54.